The van der Waals surface area contributed by atoms with Gasteiger partial charge >= 0.3 is 0 Å². The lowest BCUT2D eigenvalue weighted by molar-refractivity contribution is -0.133. The lowest BCUT2D eigenvalue weighted by atomic mass is 9.58. The Kier molecular flexibility index (Phi) is 9.16. The van der Waals surface area contributed by atoms with Crippen LogP contribution in [0.2, 0.25) is 0 Å². The van der Waals surface area contributed by atoms with Gasteiger partial charge in [-0.05, 0) is 26.2 Å². The molecule has 7 nitrogen and oxygen atoms in total. The third-order valence-corrected chi connectivity index (χ3v) is 6.05. The van der Waals surface area contributed by atoms with Gasteiger partial charge in [0.1, 0.15) is 9.84 Å². The number of hydrogen-bond donors (Lipinski definition) is 2. The maximum Gasteiger partial charge on any atom is 0.191 e. The molecule has 0 aromatic heterocycles. The first-order valence-electron chi connectivity index (χ1n) is 9.17. The van der Waals surface area contributed by atoms with E-state index in [-0.39, 0.29) is 17.8 Å². The summed E-state index contributed by atoms with van der Waals surface area (Å²) in [4.78, 5) is 4.27. The summed E-state index contributed by atoms with van der Waals surface area (Å²) in [5.41, 5.74) is 0.152. The molecule has 0 heterocycles. The number of ether oxygens (including phenoxy) is 2. The van der Waals surface area contributed by atoms with Gasteiger partial charge < -0.3 is 20.1 Å². The summed E-state index contributed by atoms with van der Waals surface area (Å²) in [5, 5.41) is 6.73. The molecule has 0 aromatic rings. The lowest BCUT2D eigenvalue weighted by Crippen LogP contribution is -2.65. The highest BCUT2D eigenvalue weighted by Gasteiger charge is 2.53. The fourth-order valence-corrected chi connectivity index (χ4v) is 3.92. The second-order valence-electron chi connectivity index (χ2n) is 6.56. The quantitative estimate of drug-likeness (QED) is 0.319. The molecule has 25 heavy (non-hydrogen) atoms. The second-order valence-corrected chi connectivity index (χ2v) is 8.82. The first kappa shape index (κ1) is 22.2. The molecule has 0 aliphatic heterocycles. The standard InChI is InChI=1S/C17H35N3O4S/c1-6-17(7-2)14(13-15(17)24-8-3)20-16(18-4)19-9-10-23-11-12-25(5,21)22/h14-15H,6-13H2,1-5H3,(H2,18,19,20). The molecule has 1 aliphatic carbocycles. The summed E-state index contributed by atoms with van der Waals surface area (Å²) in [6.07, 6.45) is 4.64. The van der Waals surface area contributed by atoms with Gasteiger partial charge in [0.2, 0.25) is 0 Å². The molecule has 0 radical (unpaired) electrons. The van der Waals surface area contributed by atoms with Crippen molar-refractivity contribution < 1.29 is 17.9 Å². The van der Waals surface area contributed by atoms with Crippen molar-refractivity contribution in [2.24, 2.45) is 10.4 Å². The van der Waals surface area contributed by atoms with Gasteiger partial charge in [0.25, 0.3) is 0 Å². The highest BCUT2D eigenvalue weighted by atomic mass is 32.2. The topological polar surface area (TPSA) is 89.0 Å². The first-order valence-corrected chi connectivity index (χ1v) is 11.2. The van der Waals surface area contributed by atoms with E-state index in [2.05, 4.69) is 29.5 Å². The molecule has 2 N–H and O–H groups in total. The number of nitrogens with zero attached hydrogens (tertiary/aromatic N) is 1. The Morgan fingerprint density at radius 1 is 1.24 bits per heavy atom. The molecule has 1 fully saturated rings. The van der Waals surface area contributed by atoms with Crippen LogP contribution in [0.4, 0.5) is 0 Å². The Morgan fingerprint density at radius 3 is 2.44 bits per heavy atom. The van der Waals surface area contributed by atoms with Gasteiger partial charge in [-0.1, -0.05) is 13.8 Å². The summed E-state index contributed by atoms with van der Waals surface area (Å²) >= 11 is 0. The van der Waals surface area contributed by atoms with Crippen LogP contribution >= 0.6 is 0 Å². The fourth-order valence-electron chi connectivity index (χ4n) is 3.50. The zero-order valence-corrected chi connectivity index (χ0v) is 17.1. The van der Waals surface area contributed by atoms with Crippen LogP contribution in [-0.2, 0) is 19.3 Å². The average Bonchev–Trinajstić information content (AvgIpc) is 2.55. The Morgan fingerprint density at radius 2 is 1.92 bits per heavy atom. The Bertz CT molecular complexity index is 518. The third kappa shape index (κ3) is 6.42. The maximum absolute atomic E-state index is 11.0. The highest BCUT2D eigenvalue weighted by Crippen LogP contribution is 2.48. The average molecular weight is 378 g/mol. The molecule has 2 atom stereocenters. The van der Waals surface area contributed by atoms with E-state index >= 15 is 0 Å². The first-order chi connectivity index (χ1) is 11.8. The van der Waals surface area contributed by atoms with Gasteiger partial charge in [-0.2, -0.15) is 0 Å². The summed E-state index contributed by atoms with van der Waals surface area (Å²) in [5.74, 6) is 0.800. The molecule has 2 unspecified atom stereocenters. The van der Waals surface area contributed by atoms with Crippen LogP contribution in [0.5, 0.6) is 0 Å². The Hall–Kier alpha value is -0.860. The van der Waals surface area contributed by atoms with Crippen molar-refractivity contribution in [1.82, 2.24) is 10.6 Å². The van der Waals surface area contributed by atoms with E-state index in [9.17, 15) is 8.42 Å². The van der Waals surface area contributed by atoms with Gasteiger partial charge in [0.15, 0.2) is 5.96 Å². The number of guanidine groups is 1. The van der Waals surface area contributed by atoms with Gasteiger partial charge in [-0.25, -0.2) is 8.42 Å². The van der Waals surface area contributed by atoms with Crippen LogP contribution in [-0.4, -0.2) is 71.9 Å². The Labute approximate surface area is 152 Å². The number of sulfone groups is 1. The number of hydrogen-bond acceptors (Lipinski definition) is 5. The van der Waals surface area contributed by atoms with Crippen LogP contribution in [0.3, 0.4) is 0 Å². The number of nitrogens with one attached hydrogen (secondary N) is 2. The van der Waals surface area contributed by atoms with Gasteiger partial charge in [-0.3, -0.25) is 4.99 Å². The normalized spacial score (nSPS) is 23.2. The summed E-state index contributed by atoms with van der Waals surface area (Å²) in [7, 11) is -1.22. The molecule has 1 saturated carbocycles. The van der Waals surface area contributed by atoms with E-state index in [4.69, 9.17) is 9.47 Å². The van der Waals surface area contributed by atoms with Crippen molar-refractivity contribution in [3.63, 3.8) is 0 Å². The third-order valence-electron chi connectivity index (χ3n) is 5.14. The lowest BCUT2D eigenvalue weighted by Gasteiger charge is -2.55. The predicted molar refractivity (Wildman–Crippen MR) is 102 cm³/mol. The molecule has 0 saturated heterocycles. The SMILES string of the molecule is CCOC1CC(NC(=NC)NCCOCCS(C)(=O)=O)C1(CC)CC. The van der Waals surface area contributed by atoms with Crippen LogP contribution < -0.4 is 10.6 Å². The molecule has 0 aromatic carbocycles. The van der Waals surface area contributed by atoms with E-state index < -0.39 is 9.84 Å². The maximum atomic E-state index is 11.0. The predicted octanol–water partition coefficient (Wildman–Crippen LogP) is 1.20. The van der Waals surface area contributed by atoms with Crippen LogP contribution in [0.25, 0.3) is 0 Å². The zero-order valence-electron chi connectivity index (χ0n) is 16.3. The van der Waals surface area contributed by atoms with Crippen molar-refractivity contribution in [1.29, 1.82) is 0 Å². The Balaban J connectivity index is 2.38. The highest BCUT2D eigenvalue weighted by molar-refractivity contribution is 7.90. The molecule has 148 valence electrons. The van der Waals surface area contributed by atoms with Crippen molar-refractivity contribution in [3.8, 4) is 0 Å². The van der Waals surface area contributed by atoms with E-state index in [1.165, 1.54) is 6.26 Å². The summed E-state index contributed by atoms with van der Waals surface area (Å²) < 4.78 is 33.3. The second kappa shape index (κ2) is 10.3. The molecular weight excluding hydrogens is 342 g/mol. The zero-order chi connectivity index (χ0) is 18.9. The van der Waals surface area contributed by atoms with Crippen LogP contribution in [0.15, 0.2) is 4.99 Å². The summed E-state index contributed by atoms with van der Waals surface area (Å²) in [6.45, 7) is 8.47. The van der Waals surface area contributed by atoms with Crippen LogP contribution in [0.1, 0.15) is 40.0 Å². The van der Waals surface area contributed by atoms with Gasteiger partial charge in [-0.15, -0.1) is 0 Å². The smallest absolute Gasteiger partial charge is 0.191 e. The molecule has 0 bridgehead atoms. The fraction of sp³-hybridized carbons (Fsp3) is 0.941. The molecule has 0 spiro atoms. The number of rotatable bonds is 11. The van der Waals surface area contributed by atoms with Crippen molar-refractivity contribution in [2.75, 3.05) is 45.4 Å². The van der Waals surface area contributed by atoms with Gasteiger partial charge in [0, 0.05) is 37.9 Å². The van der Waals surface area contributed by atoms with E-state index in [1.54, 1.807) is 7.05 Å². The summed E-state index contributed by atoms with van der Waals surface area (Å²) in [6, 6.07) is 0.344. The molecule has 0 amide bonds. The van der Waals surface area contributed by atoms with Crippen molar-refractivity contribution in [2.45, 2.75) is 52.2 Å². The van der Waals surface area contributed by atoms with E-state index in [0.29, 0.717) is 25.3 Å². The minimum atomic E-state index is -2.97. The molecule has 1 rings (SSSR count). The monoisotopic (exact) mass is 377 g/mol. The van der Waals surface area contributed by atoms with E-state index in [0.717, 1.165) is 31.8 Å². The largest absolute Gasteiger partial charge is 0.379 e. The number of aliphatic imine (C=N–C) groups is 1. The van der Waals surface area contributed by atoms with E-state index in [1.807, 2.05) is 6.92 Å². The van der Waals surface area contributed by atoms with Crippen molar-refractivity contribution >= 4 is 15.8 Å². The molecule has 8 heteroatoms. The van der Waals surface area contributed by atoms with Gasteiger partial charge in [0.05, 0.1) is 25.1 Å². The molecular formula is C17H35N3O4S. The minimum absolute atomic E-state index is 0.0520. The minimum Gasteiger partial charge on any atom is -0.379 e. The molecule has 1 aliphatic rings. The van der Waals surface area contributed by atoms with Crippen molar-refractivity contribution in [3.05, 3.63) is 0 Å². The van der Waals surface area contributed by atoms with Crippen LogP contribution in [0, 0.1) is 5.41 Å².